The third-order valence-corrected chi connectivity index (χ3v) is 3.52. The molecule has 0 bridgehead atoms. The molecule has 1 aliphatic rings. The van der Waals surface area contributed by atoms with E-state index >= 15 is 0 Å². The molecule has 1 aromatic rings. The Bertz CT molecular complexity index is 484. The van der Waals surface area contributed by atoms with Crippen LogP contribution in [-0.4, -0.2) is 34.5 Å². The molecule has 5 nitrogen and oxygen atoms in total. The molecule has 0 radical (unpaired) electrons. The van der Waals surface area contributed by atoms with Crippen LogP contribution in [0.5, 0.6) is 0 Å². The molecule has 1 amide bonds. The summed E-state index contributed by atoms with van der Waals surface area (Å²) >= 11 is 0. The van der Waals surface area contributed by atoms with Gasteiger partial charge in [0.15, 0.2) is 0 Å². The van der Waals surface area contributed by atoms with Crippen LogP contribution in [0, 0.1) is 6.92 Å². The van der Waals surface area contributed by atoms with Gasteiger partial charge in [-0.15, -0.1) is 0 Å². The molecule has 2 atom stereocenters. The molecular weight excluding hydrogens is 244 g/mol. The molecule has 1 fully saturated rings. The van der Waals surface area contributed by atoms with E-state index in [0.717, 1.165) is 5.56 Å². The number of nitrogens with zero attached hydrogens (tertiary/aromatic N) is 1. The van der Waals surface area contributed by atoms with Gasteiger partial charge in [-0.05, 0) is 25.3 Å². The van der Waals surface area contributed by atoms with Gasteiger partial charge in [-0.2, -0.15) is 0 Å². The van der Waals surface area contributed by atoms with Gasteiger partial charge in [0.2, 0.25) is 5.91 Å². The molecule has 102 valence electrons. The fourth-order valence-electron chi connectivity index (χ4n) is 2.38. The van der Waals surface area contributed by atoms with Crippen LogP contribution in [0.25, 0.3) is 0 Å². The summed E-state index contributed by atoms with van der Waals surface area (Å²) in [5.41, 5.74) is 7.75. The summed E-state index contributed by atoms with van der Waals surface area (Å²) in [6.45, 7) is 2.42. The molecule has 3 N–H and O–H groups in total. The highest BCUT2D eigenvalue weighted by molar-refractivity contribution is 5.88. The lowest BCUT2D eigenvalue weighted by atomic mass is 10.0. The van der Waals surface area contributed by atoms with Gasteiger partial charge < -0.3 is 15.7 Å². The van der Waals surface area contributed by atoms with Gasteiger partial charge in [0.1, 0.15) is 12.1 Å². The summed E-state index contributed by atoms with van der Waals surface area (Å²) in [5.74, 6) is -1.27. The molecular formula is C14H18N2O3. The minimum atomic E-state index is -0.957. The van der Waals surface area contributed by atoms with E-state index in [9.17, 15) is 9.59 Å². The topological polar surface area (TPSA) is 83.6 Å². The minimum absolute atomic E-state index is 0.311. The predicted octanol–water partition coefficient (Wildman–Crippen LogP) is 1.07. The normalized spacial score (nSPS) is 20.3. The van der Waals surface area contributed by atoms with Crippen LogP contribution in [0.3, 0.4) is 0 Å². The Labute approximate surface area is 112 Å². The van der Waals surface area contributed by atoms with E-state index in [2.05, 4.69) is 0 Å². The van der Waals surface area contributed by atoms with Crippen molar-refractivity contribution in [2.45, 2.75) is 31.8 Å². The average molecular weight is 262 g/mol. The van der Waals surface area contributed by atoms with Crippen LogP contribution >= 0.6 is 0 Å². The summed E-state index contributed by atoms with van der Waals surface area (Å²) < 4.78 is 0. The number of aryl methyl sites for hydroxylation is 1. The second-order valence-corrected chi connectivity index (χ2v) is 4.92. The number of carboxylic acid groups (broad SMARTS) is 1. The second-order valence-electron chi connectivity index (χ2n) is 4.92. The molecule has 0 saturated carbocycles. The van der Waals surface area contributed by atoms with Crippen molar-refractivity contribution in [2.75, 3.05) is 6.54 Å². The van der Waals surface area contributed by atoms with Crippen molar-refractivity contribution in [2.24, 2.45) is 5.73 Å². The lowest BCUT2D eigenvalue weighted by Gasteiger charge is -2.25. The van der Waals surface area contributed by atoms with Gasteiger partial charge in [0, 0.05) is 6.54 Å². The van der Waals surface area contributed by atoms with Crippen LogP contribution in [0.15, 0.2) is 24.3 Å². The molecule has 1 unspecified atom stereocenters. The zero-order valence-electron chi connectivity index (χ0n) is 10.9. The van der Waals surface area contributed by atoms with Crippen LogP contribution < -0.4 is 5.73 Å². The maximum absolute atomic E-state index is 12.3. The highest BCUT2D eigenvalue weighted by atomic mass is 16.4. The number of benzene rings is 1. The van der Waals surface area contributed by atoms with E-state index in [1.165, 1.54) is 4.90 Å². The fourth-order valence-corrected chi connectivity index (χ4v) is 2.38. The van der Waals surface area contributed by atoms with E-state index in [-0.39, 0.29) is 5.91 Å². The first-order valence-electron chi connectivity index (χ1n) is 6.36. The molecule has 0 aromatic heterocycles. The fraction of sp³-hybridized carbons (Fsp3) is 0.429. The first kappa shape index (κ1) is 13.5. The molecule has 19 heavy (non-hydrogen) atoms. The SMILES string of the molecule is Cc1ccc(C(N)C(=O)N2CCC[C@@H]2C(=O)O)cc1. The van der Waals surface area contributed by atoms with E-state index in [0.29, 0.717) is 24.9 Å². The van der Waals surface area contributed by atoms with Crippen molar-refractivity contribution in [3.63, 3.8) is 0 Å². The van der Waals surface area contributed by atoms with E-state index < -0.39 is 18.1 Å². The van der Waals surface area contributed by atoms with Crippen molar-refractivity contribution < 1.29 is 14.7 Å². The van der Waals surface area contributed by atoms with Crippen molar-refractivity contribution in [1.82, 2.24) is 4.90 Å². The smallest absolute Gasteiger partial charge is 0.326 e. The number of nitrogens with two attached hydrogens (primary N) is 1. The van der Waals surface area contributed by atoms with Gasteiger partial charge in [0.25, 0.3) is 0 Å². The molecule has 1 saturated heterocycles. The lowest BCUT2D eigenvalue weighted by Crippen LogP contribution is -2.44. The Kier molecular flexibility index (Phi) is 3.85. The Morgan fingerprint density at radius 3 is 2.58 bits per heavy atom. The van der Waals surface area contributed by atoms with Crippen molar-refractivity contribution >= 4 is 11.9 Å². The van der Waals surface area contributed by atoms with Gasteiger partial charge in [-0.3, -0.25) is 4.79 Å². The molecule has 1 aromatic carbocycles. The van der Waals surface area contributed by atoms with Crippen molar-refractivity contribution in [1.29, 1.82) is 0 Å². The minimum Gasteiger partial charge on any atom is -0.480 e. The van der Waals surface area contributed by atoms with Crippen molar-refractivity contribution in [3.05, 3.63) is 35.4 Å². The lowest BCUT2D eigenvalue weighted by molar-refractivity contribution is -0.148. The van der Waals surface area contributed by atoms with Crippen molar-refractivity contribution in [3.8, 4) is 0 Å². The quantitative estimate of drug-likeness (QED) is 0.853. The molecule has 1 heterocycles. The Hall–Kier alpha value is -1.88. The number of hydrogen-bond acceptors (Lipinski definition) is 3. The number of carboxylic acids is 1. The first-order chi connectivity index (χ1) is 9.00. The maximum atomic E-state index is 12.3. The number of amides is 1. The van der Waals surface area contributed by atoms with Gasteiger partial charge in [-0.1, -0.05) is 29.8 Å². The highest BCUT2D eigenvalue weighted by Crippen LogP contribution is 2.22. The predicted molar refractivity (Wildman–Crippen MR) is 70.5 cm³/mol. The summed E-state index contributed by atoms with van der Waals surface area (Å²) in [6.07, 6.45) is 1.21. The molecule has 2 rings (SSSR count). The number of carbonyl (C=O) groups excluding carboxylic acids is 1. The number of likely N-dealkylation sites (tertiary alicyclic amines) is 1. The third kappa shape index (κ3) is 2.76. The highest BCUT2D eigenvalue weighted by Gasteiger charge is 2.36. The number of aliphatic carboxylic acids is 1. The van der Waals surface area contributed by atoms with Gasteiger partial charge >= 0.3 is 5.97 Å². The number of carbonyl (C=O) groups is 2. The van der Waals surface area contributed by atoms with E-state index in [4.69, 9.17) is 10.8 Å². The molecule has 1 aliphatic heterocycles. The largest absolute Gasteiger partial charge is 0.480 e. The third-order valence-electron chi connectivity index (χ3n) is 3.52. The van der Waals surface area contributed by atoms with Crippen LogP contribution in [0.4, 0.5) is 0 Å². The summed E-state index contributed by atoms with van der Waals surface area (Å²) in [7, 11) is 0. The summed E-state index contributed by atoms with van der Waals surface area (Å²) in [4.78, 5) is 24.8. The zero-order chi connectivity index (χ0) is 14.0. The first-order valence-corrected chi connectivity index (χ1v) is 6.36. The maximum Gasteiger partial charge on any atom is 0.326 e. The van der Waals surface area contributed by atoms with Gasteiger partial charge in [0.05, 0.1) is 0 Å². The Balaban J connectivity index is 2.14. The standard InChI is InChI=1S/C14H18N2O3/c1-9-4-6-10(7-5-9)12(15)13(17)16-8-2-3-11(16)14(18)19/h4-7,11-12H,2-3,8,15H2,1H3,(H,18,19)/t11-,12?/m1/s1. The summed E-state index contributed by atoms with van der Waals surface area (Å²) in [5, 5.41) is 9.09. The summed E-state index contributed by atoms with van der Waals surface area (Å²) in [6, 6.07) is 5.88. The number of rotatable bonds is 3. The molecule has 0 spiro atoms. The monoisotopic (exact) mass is 262 g/mol. The molecule has 0 aliphatic carbocycles. The Morgan fingerprint density at radius 2 is 2.00 bits per heavy atom. The van der Waals surface area contributed by atoms with Crippen LogP contribution in [-0.2, 0) is 9.59 Å². The van der Waals surface area contributed by atoms with Crippen LogP contribution in [0.2, 0.25) is 0 Å². The number of hydrogen-bond donors (Lipinski definition) is 2. The Morgan fingerprint density at radius 1 is 1.37 bits per heavy atom. The van der Waals surface area contributed by atoms with E-state index in [1.54, 1.807) is 0 Å². The second kappa shape index (κ2) is 5.40. The van der Waals surface area contributed by atoms with Gasteiger partial charge in [-0.25, -0.2) is 4.79 Å². The zero-order valence-corrected chi connectivity index (χ0v) is 10.9. The molecule has 5 heteroatoms. The average Bonchev–Trinajstić information content (AvgIpc) is 2.87. The van der Waals surface area contributed by atoms with Crippen LogP contribution in [0.1, 0.15) is 30.0 Å². The van der Waals surface area contributed by atoms with E-state index in [1.807, 2.05) is 31.2 Å².